The molecule has 0 saturated carbocycles. The van der Waals surface area contributed by atoms with Crippen LogP contribution in [0.15, 0.2) is 165 Å². The van der Waals surface area contributed by atoms with Crippen molar-refractivity contribution in [2.45, 2.75) is 75.5 Å². The van der Waals surface area contributed by atoms with Crippen LogP contribution in [0.2, 0.25) is 5.02 Å². The molecule has 0 aliphatic rings. The monoisotopic (exact) mass is 920 g/mol. The van der Waals surface area contributed by atoms with Crippen LogP contribution in [0, 0.1) is 0 Å². The fraction of sp³-hybridized carbons (Fsp3) is 0.200. The summed E-state index contributed by atoms with van der Waals surface area (Å²) in [6.07, 6.45) is -12.1. The van der Waals surface area contributed by atoms with Gasteiger partial charge in [0.15, 0.2) is 0 Å². The summed E-state index contributed by atoms with van der Waals surface area (Å²) in [5.41, 5.74) is -5.47. The molecule has 0 aromatic heterocycles. The topological polar surface area (TPSA) is 86.7 Å². The lowest BCUT2D eigenvalue weighted by Crippen LogP contribution is -2.54. The average molecular weight is 922 g/mol. The third kappa shape index (κ3) is 9.28. The molecular formula is C45H36Cl2F6O6S2. The average Bonchev–Trinajstić information content (AvgIpc) is 3.20. The van der Waals surface area contributed by atoms with Crippen LogP contribution < -0.4 is 9.47 Å². The number of hydrogen-bond donors (Lipinski definition) is 0. The Balaban J connectivity index is 1.21. The first kappa shape index (κ1) is 45.5. The fourth-order valence-corrected chi connectivity index (χ4v) is 9.46. The molecule has 0 amide bonds. The molecule has 6 nitrogen and oxygen atoms in total. The maximum Gasteiger partial charge on any atom is 0.411 e. The normalized spacial score (nSPS) is 13.4. The van der Waals surface area contributed by atoms with Crippen LogP contribution in [-0.4, -0.2) is 29.2 Å². The van der Waals surface area contributed by atoms with E-state index in [0.29, 0.717) is 46.8 Å². The Kier molecular flexibility index (Phi) is 12.7. The standard InChI is InChI=1S/C45H36Cl2F6O6S2/c1-4-41(29-5-21-37(22-6-29)60(54,55)39-25-13-33(46)14-26-39)59-36-17-9-32(10-18-36)43(44(48,49)50,45(51,52)53)31-7-15-34(16-8-31)58-35-19-27-40(28-20-35)61(56,57)38-23-11-30(12-24-38)42(2,3)47/h5-28,41H,4H2,1-3H3. The Bertz CT molecular complexity index is 2670. The van der Waals surface area contributed by atoms with Gasteiger partial charge in [0.1, 0.15) is 23.4 Å². The number of sulfone groups is 2. The van der Waals surface area contributed by atoms with Crippen LogP contribution in [0.5, 0.6) is 17.2 Å². The summed E-state index contributed by atoms with van der Waals surface area (Å²) in [5.74, 6) is -0.0619. The van der Waals surface area contributed by atoms with E-state index in [2.05, 4.69) is 0 Å². The Hall–Kier alpha value is -5.02. The number of alkyl halides is 7. The fourth-order valence-electron chi connectivity index (χ4n) is 6.69. The van der Waals surface area contributed by atoms with Crippen molar-refractivity contribution >= 4 is 42.9 Å². The summed E-state index contributed by atoms with van der Waals surface area (Å²) in [6.45, 7) is 5.27. The van der Waals surface area contributed by atoms with Crippen molar-refractivity contribution in [3.8, 4) is 17.2 Å². The molecule has 6 aromatic carbocycles. The summed E-state index contributed by atoms with van der Waals surface area (Å²) >= 11 is 12.2. The SMILES string of the molecule is CCC(Oc1ccc(C(c2ccc(Oc3ccc(S(=O)(=O)c4ccc(C(C)(C)Cl)cc4)cc3)cc2)(C(F)(F)F)C(F)(F)F)cc1)c1ccc(S(=O)(=O)c2ccc(Cl)cc2)cc1. The first-order chi connectivity index (χ1) is 28.5. The molecule has 1 unspecified atom stereocenters. The van der Waals surface area contributed by atoms with Gasteiger partial charge >= 0.3 is 12.4 Å². The van der Waals surface area contributed by atoms with Crippen molar-refractivity contribution < 1.29 is 52.7 Å². The highest BCUT2D eigenvalue weighted by Crippen LogP contribution is 2.56. The Labute approximate surface area is 359 Å². The van der Waals surface area contributed by atoms with Crippen molar-refractivity contribution in [2.75, 3.05) is 0 Å². The zero-order valence-corrected chi connectivity index (χ0v) is 35.6. The predicted octanol–water partition coefficient (Wildman–Crippen LogP) is 13.2. The van der Waals surface area contributed by atoms with E-state index in [0.717, 1.165) is 24.3 Å². The first-order valence-electron chi connectivity index (χ1n) is 18.4. The van der Waals surface area contributed by atoms with E-state index in [4.69, 9.17) is 32.7 Å². The van der Waals surface area contributed by atoms with Gasteiger partial charge in [-0.3, -0.25) is 0 Å². The maximum atomic E-state index is 15.0. The number of benzene rings is 6. The molecule has 0 bridgehead atoms. The lowest BCUT2D eigenvalue weighted by Gasteiger charge is -2.38. The van der Waals surface area contributed by atoms with Gasteiger partial charge in [0.25, 0.3) is 0 Å². The molecule has 6 rings (SSSR count). The minimum Gasteiger partial charge on any atom is -0.486 e. The molecule has 6 aromatic rings. The predicted molar refractivity (Wildman–Crippen MR) is 220 cm³/mol. The highest BCUT2D eigenvalue weighted by Gasteiger charge is 2.72. The van der Waals surface area contributed by atoms with Crippen molar-refractivity contribution in [1.82, 2.24) is 0 Å². The van der Waals surface area contributed by atoms with Crippen LogP contribution >= 0.6 is 23.2 Å². The molecule has 0 fully saturated rings. The van der Waals surface area contributed by atoms with E-state index in [1.807, 2.05) is 0 Å². The molecule has 0 saturated heterocycles. The van der Waals surface area contributed by atoms with Crippen molar-refractivity contribution in [3.05, 3.63) is 173 Å². The summed E-state index contributed by atoms with van der Waals surface area (Å²) in [5, 5.41) is 0.363. The van der Waals surface area contributed by atoms with E-state index in [9.17, 15) is 43.2 Å². The second kappa shape index (κ2) is 17.0. The lowest BCUT2D eigenvalue weighted by atomic mass is 9.73. The quantitative estimate of drug-likeness (QED) is 0.0847. The highest BCUT2D eigenvalue weighted by molar-refractivity contribution is 7.91. The van der Waals surface area contributed by atoms with Crippen LogP contribution in [0.25, 0.3) is 0 Å². The lowest BCUT2D eigenvalue weighted by molar-refractivity contribution is -0.288. The largest absolute Gasteiger partial charge is 0.486 e. The molecule has 61 heavy (non-hydrogen) atoms. The van der Waals surface area contributed by atoms with Crippen LogP contribution in [0.1, 0.15) is 55.5 Å². The van der Waals surface area contributed by atoms with Gasteiger partial charge in [-0.15, -0.1) is 11.6 Å². The molecule has 0 heterocycles. The number of halogens is 8. The maximum absolute atomic E-state index is 15.0. The van der Waals surface area contributed by atoms with Crippen molar-refractivity contribution in [2.24, 2.45) is 0 Å². The van der Waals surface area contributed by atoms with Gasteiger partial charge in [0.05, 0.1) is 24.5 Å². The zero-order valence-electron chi connectivity index (χ0n) is 32.4. The van der Waals surface area contributed by atoms with E-state index in [1.165, 1.54) is 84.9 Å². The van der Waals surface area contributed by atoms with E-state index in [1.54, 1.807) is 32.9 Å². The van der Waals surface area contributed by atoms with Gasteiger partial charge in [-0.05, 0) is 140 Å². The van der Waals surface area contributed by atoms with Gasteiger partial charge in [0.2, 0.25) is 25.1 Å². The first-order valence-corrected chi connectivity index (χ1v) is 22.1. The summed E-state index contributed by atoms with van der Waals surface area (Å²) in [7, 11) is -7.82. The molecule has 0 radical (unpaired) electrons. The van der Waals surface area contributed by atoms with Gasteiger partial charge in [-0.2, -0.15) is 26.3 Å². The highest BCUT2D eigenvalue weighted by atomic mass is 35.5. The molecule has 0 spiro atoms. The molecular weight excluding hydrogens is 886 g/mol. The molecule has 0 aliphatic heterocycles. The van der Waals surface area contributed by atoms with Crippen LogP contribution in [-0.2, 0) is 30.0 Å². The van der Waals surface area contributed by atoms with Crippen molar-refractivity contribution in [1.29, 1.82) is 0 Å². The third-order valence-corrected chi connectivity index (χ3v) is 14.0. The van der Waals surface area contributed by atoms with Gasteiger partial charge in [0, 0.05) is 5.02 Å². The van der Waals surface area contributed by atoms with Crippen LogP contribution in [0.4, 0.5) is 26.3 Å². The Morgan fingerprint density at radius 2 is 0.836 bits per heavy atom. The number of hydrogen-bond acceptors (Lipinski definition) is 6. The Morgan fingerprint density at radius 1 is 0.508 bits per heavy atom. The molecule has 0 aliphatic carbocycles. The number of rotatable bonds is 13. The minimum absolute atomic E-state index is 0.00883. The summed E-state index contributed by atoms with van der Waals surface area (Å²) in [4.78, 5) is -0.756. The summed E-state index contributed by atoms with van der Waals surface area (Å²) in [6, 6.07) is 29.3. The van der Waals surface area contributed by atoms with Gasteiger partial charge in [-0.1, -0.05) is 67.1 Å². The van der Waals surface area contributed by atoms with Crippen LogP contribution in [0.3, 0.4) is 0 Å². The van der Waals surface area contributed by atoms with Gasteiger partial charge in [-0.25, -0.2) is 16.8 Å². The second-order valence-corrected chi connectivity index (χ2v) is 19.7. The molecule has 320 valence electrons. The van der Waals surface area contributed by atoms with E-state index < -0.39 is 59.5 Å². The van der Waals surface area contributed by atoms with E-state index >= 15 is 0 Å². The molecule has 16 heteroatoms. The third-order valence-electron chi connectivity index (χ3n) is 9.98. The molecule has 0 N–H and O–H groups in total. The molecule has 1 atom stereocenters. The summed E-state index contributed by atoms with van der Waals surface area (Å²) < 4.78 is 154. The number of ether oxygens (including phenoxy) is 2. The zero-order chi connectivity index (χ0) is 44.6. The smallest absolute Gasteiger partial charge is 0.411 e. The second-order valence-electron chi connectivity index (χ2n) is 14.4. The Morgan fingerprint density at radius 3 is 1.21 bits per heavy atom. The van der Waals surface area contributed by atoms with Crippen molar-refractivity contribution in [3.63, 3.8) is 0 Å². The van der Waals surface area contributed by atoms with E-state index in [-0.39, 0.29) is 36.8 Å². The minimum atomic E-state index is -5.86. The van der Waals surface area contributed by atoms with Gasteiger partial charge < -0.3 is 9.47 Å².